The largest absolute Gasteiger partial charge is 0.478 e. The van der Waals surface area contributed by atoms with Gasteiger partial charge in [-0.15, -0.1) is 0 Å². The van der Waals surface area contributed by atoms with E-state index >= 15 is 0 Å². The first-order chi connectivity index (χ1) is 16.7. The monoisotopic (exact) mass is 484 g/mol. The topological polar surface area (TPSA) is 142 Å². The van der Waals surface area contributed by atoms with E-state index in [2.05, 4.69) is 10.6 Å². The molecule has 1 unspecified atom stereocenters. The Hall–Kier alpha value is -4.12. The molecular formula is C24H25FN4O6. The first-order valence-corrected chi connectivity index (χ1v) is 10.9. The Morgan fingerprint density at radius 3 is 2.60 bits per heavy atom. The summed E-state index contributed by atoms with van der Waals surface area (Å²) in [7, 11) is 0. The maximum absolute atomic E-state index is 13.0. The van der Waals surface area contributed by atoms with Gasteiger partial charge in [-0.25, -0.2) is 14.0 Å². The highest BCUT2D eigenvalue weighted by Crippen LogP contribution is 2.35. The van der Waals surface area contributed by atoms with Gasteiger partial charge >= 0.3 is 12.0 Å². The van der Waals surface area contributed by atoms with Gasteiger partial charge in [0.1, 0.15) is 5.82 Å². The molecule has 0 aromatic heterocycles. The maximum atomic E-state index is 13.0. The summed E-state index contributed by atoms with van der Waals surface area (Å²) >= 11 is 0. The van der Waals surface area contributed by atoms with Crippen LogP contribution in [0.25, 0.3) is 0 Å². The number of hydrogen-bond donors (Lipinski definition) is 3. The minimum Gasteiger partial charge on any atom is -0.478 e. The molecule has 0 spiro atoms. The van der Waals surface area contributed by atoms with Crippen molar-refractivity contribution in [2.75, 3.05) is 19.6 Å². The van der Waals surface area contributed by atoms with E-state index in [-0.39, 0.29) is 48.1 Å². The fourth-order valence-corrected chi connectivity index (χ4v) is 3.94. The molecule has 2 amide bonds. The number of nitro groups is 1. The lowest BCUT2D eigenvalue weighted by Crippen LogP contribution is -2.49. The molecule has 0 saturated carbocycles. The van der Waals surface area contributed by atoms with Crippen LogP contribution < -0.4 is 10.6 Å². The van der Waals surface area contributed by atoms with E-state index in [0.29, 0.717) is 24.1 Å². The second-order valence-corrected chi connectivity index (χ2v) is 8.09. The molecule has 35 heavy (non-hydrogen) atoms. The number of hydrogen-bond acceptors (Lipinski definition) is 6. The molecule has 0 radical (unpaired) electrons. The van der Waals surface area contributed by atoms with Crippen molar-refractivity contribution in [2.24, 2.45) is 0 Å². The lowest BCUT2D eigenvalue weighted by molar-refractivity contribution is -0.384. The predicted octanol–water partition coefficient (Wildman–Crippen LogP) is 2.95. The quantitative estimate of drug-likeness (QED) is 0.253. The molecular weight excluding hydrogens is 459 g/mol. The van der Waals surface area contributed by atoms with Crippen molar-refractivity contribution in [3.63, 3.8) is 0 Å². The third kappa shape index (κ3) is 6.48. The number of nitrogens with one attached hydrogen (secondary N) is 2. The molecule has 0 saturated heterocycles. The van der Waals surface area contributed by atoms with E-state index in [9.17, 15) is 34.0 Å². The number of carbonyl (C=O) groups is 3. The predicted molar refractivity (Wildman–Crippen MR) is 124 cm³/mol. The Bertz CT molecular complexity index is 1160. The molecule has 3 N–H and O–H groups in total. The molecule has 1 heterocycles. The number of urea groups is 1. The molecule has 10 nitrogen and oxygen atoms in total. The summed E-state index contributed by atoms with van der Waals surface area (Å²) in [4.78, 5) is 48.8. The van der Waals surface area contributed by atoms with E-state index in [0.717, 1.165) is 0 Å². The average molecular weight is 484 g/mol. The van der Waals surface area contributed by atoms with Crippen LogP contribution in [-0.2, 0) is 16.0 Å². The van der Waals surface area contributed by atoms with Crippen molar-refractivity contribution >= 4 is 23.5 Å². The SMILES string of the molecule is CC1=C(C(=O)O)C(c2cccc([N+](=O)[O-])c2)N(CCCNCC(=O)Cc2ccc(F)cc2)C(=O)N1. The first-order valence-electron chi connectivity index (χ1n) is 10.9. The number of halogens is 1. The Morgan fingerprint density at radius 1 is 1.23 bits per heavy atom. The molecule has 0 aliphatic carbocycles. The summed E-state index contributed by atoms with van der Waals surface area (Å²) < 4.78 is 13.0. The Kier molecular flexibility index (Phi) is 8.26. The van der Waals surface area contributed by atoms with Crippen molar-refractivity contribution < 1.29 is 28.8 Å². The number of rotatable bonds is 11. The third-order valence-corrected chi connectivity index (χ3v) is 5.56. The summed E-state index contributed by atoms with van der Waals surface area (Å²) in [6, 6.07) is 9.69. The lowest BCUT2D eigenvalue weighted by Gasteiger charge is -2.37. The van der Waals surface area contributed by atoms with Gasteiger partial charge in [-0.3, -0.25) is 14.9 Å². The second kappa shape index (κ2) is 11.3. The maximum Gasteiger partial charge on any atom is 0.335 e. The molecule has 1 aliphatic rings. The van der Waals surface area contributed by atoms with Gasteiger partial charge in [-0.1, -0.05) is 24.3 Å². The molecule has 184 valence electrons. The highest BCUT2D eigenvalue weighted by Gasteiger charge is 2.37. The first kappa shape index (κ1) is 25.5. The summed E-state index contributed by atoms with van der Waals surface area (Å²) in [5.74, 6) is -1.71. The molecule has 2 aromatic carbocycles. The van der Waals surface area contributed by atoms with Gasteiger partial charge in [0.15, 0.2) is 5.78 Å². The van der Waals surface area contributed by atoms with Crippen LogP contribution in [0.15, 0.2) is 59.8 Å². The zero-order valence-electron chi connectivity index (χ0n) is 19.0. The molecule has 2 aromatic rings. The number of aliphatic carboxylic acids is 1. The van der Waals surface area contributed by atoms with E-state index in [4.69, 9.17) is 0 Å². The summed E-state index contributed by atoms with van der Waals surface area (Å²) in [6.07, 6.45) is 0.553. The highest BCUT2D eigenvalue weighted by molar-refractivity contribution is 5.93. The minimum absolute atomic E-state index is 0.0764. The zero-order chi connectivity index (χ0) is 25.5. The Labute approximate surface area is 200 Å². The normalized spacial score (nSPS) is 15.7. The van der Waals surface area contributed by atoms with Crippen LogP contribution in [0.2, 0.25) is 0 Å². The fourth-order valence-electron chi connectivity index (χ4n) is 3.94. The number of carboxylic acids is 1. The van der Waals surface area contributed by atoms with Gasteiger partial charge < -0.3 is 20.6 Å². The zero-order valence-corrected chi connectivity index (χ0v) is 19.0. The number of amides is 2. The number of non-ortho nitro benzene ring substituents is 1. The number of nitro benzene ring substituents is 1. The number of carbonyl (C=O) groups excluding carboxylic acids is 2. The number of ketones is 1. The van der Waals surface area contributed by atoms with Gasteiger partial charge in [0.2, 0.25) is 0 Å². The molecule has 3 rings (SSSR count). The smallest absolute Gasteiger partial charge is 0.335 e. The number of Topliss-reactive ketones (excluding diaryl/α,β-unsaturated/α-hetero) is 1. The Balaban J connectivity index is 1.65. The highest BCUT2D eigenvalue weighted by atomic mass is 19.1. The van der Waals surface area contributed by atoms with Gasteiger partial charge in [0.05, 0.1) is 23.1 Å². The number of nitrogens with zero attached hydrogens (tertiary/aromatic N) is 2. The van der Waals surface area contributed by atoms with Gasteiger partial charge in [-0.05, 0) is 43.1 Å². The van der Waals surface area contributed by atoms with E-state index in [1.165, 1.54) is 42.2 Å². The van der Waals surface area contributed by atoms with Crippen LogP contribution in [0.5, 0.6) is 0 Å². The molecule has 0 bridgehead atoms. The summed E-state index contributed by atoms with van der Waals surface area (Å²) in [5.41, 5.74) is 0.893. The van der Waals surface area contributed by atoms with Crippen LogP contribution in [-0.4, -0.2) is 52.3 Å². The number of benzene rings is 2. The van der Waals surface area contributed by atoms with Crippen LogP contribution >= 0.6 is 0 Å². The van der Waals surface area contributed by atoms with E-state index in [1.807, 2.05) is 0 Å². The number of carboxylic acid groups (broad SMARTS) is 1. The van der Waals surface area contributed by atoms with Crippen LogP contribution in [0.3, 0.4) is 0 Å². The average Bonchev–Trinajstić information content (AvgIpc) is 2.81. The van der Waals surface area contributed by atoms with Gasteiger partial charge in [0.25, 0.3) is 5.69 Å². The van der Waals surface area contributed by atoms with E-state index in [1.54, 1.807) is 18.2 Å². The summed E-state index contributed by atoms with van der Waals surface area (Å²) in [6.45, 7) is 2.06. The van der Waals surface area contributed by atoms with Gasteiger partial charge in [-0.2, -0.15) is 0 Å². The van der Waals surface area contributed by atoms with Crippen molar-refractivity contribution in [3.05, 3.63) is 86.9 Å². The molecule has 1 atom stereocenters. The standard InChI is InChI=1S/C24H25FN4O6/c1-15-21(23(31)32)22(17-4-2-5-19(13-17)29(34)35)28(24(33)27-15)11-3-10-26-14-20(30)12-16-6-8-18(25)9-7-16/h2,4-9,13,22,26H,3,10-12,14H2,1H3,(H,27,33)(H,31,32). The minimum atomic E-state index is -1.24. The van der Waals surface area contributed by atoms with Crippen molar-refractivity contribution in [3.8, 4) is 0 Å². The fraction of sp³-hybridized carbons (Fsp3) is 0.292. The second-order valence-electron chi connectivity index (χ2n) is 8.09. The van der Waals surface area contributed by atoms with Crippen LogP contribution in [0.4, 0.5) is 14.9 Å². The lowest BCUT2D eigenvalue weighted by atomic mass is 9.93. The molecule has 1 aliphatic heterocycles. The third-order valence-electron chi connectivity index (χ3n) is 5.56. The Morgan fingerprint density at radius 2 is 1.94 bits per heavy atom. The van der Waals surface area contributed by atoms with Crippen LogP contribution in [0, 0.1) is 15.9 Å². The van der Waals surface area contributed by atoms with E-state index < -0.39 is 23.0 Å². The van der Waals surface area contributed by atoms with Crippen LogP contribution in [0.1, 0.15) is 30.5 Å². The molecule has 11 heteroatoms. The van der Waals surface area contributed by atoms with Gasteiger partial charge in [0, 0.05) is 30.8 Å². The molecule has 0 fully saturated rings. The van der Waals surface area contributed by atoms with Crippen molar-refractivity contribution in [1.29, 1.82) is 0 Å². The van der Waals surface area contributed by atoms with Crippen molar-refractivity contribution in [1.82, 2.24) is 15.5 Å². The van der Waals surface area contributed by atoms with Crippen molar-refractivity contribution in [2.45, 2.75) is 25.8 Å². The number of allylic oxidation sites excluding steroid dienone is 1. The summed E-state index contributed by atoms with van der Waals surface area (Å²) in [5, 5.41) is 26.5.